The molecule has 0 aromatic rings. The number of thioether (sulfide) groups is 1. The molecule has 0 heterocycles. The fourth-order valence-electron chi connectivity index (χ4n) is 0.426. The zero-order chi connectivity index (χ0) is 6.95. The normalized spacial score (nSPS) is 8.56. The molecule has 3 nitrogen and oxygen atoms in total. The van der Waals surface area contributed by atoms with Crippen LogP contribution in [0.25, 0.3) is 10.4 Å². The Morgan fingerprint density at radius 3 is 3.00 bits per heavy atom. The Kier molecular flexibility index (Phi) is 7.37. The van der Waals surface area contributed by atoms with Crippen molar-refractivity contribution in [3.8, 4) is 0 Å². The molecule has 52 valence electrons. The van der Waals surface area contributed by atoms with E-state index in [1.54, 1.807) is 0 Å². The number of nitrogens with zero attached hydrogens (tertiary/aromatic N) is 3. The van der Waals surface area contributed by atoms with Gasteiger partial charge in [-0.25, -0.2) is 0 Å². The van der Waals surface area contributed by atoms with E-state index in [9.17, 15) is 0 Å². The minimum Gasteiger partial charge on any atom is -0.162 e. The largest absolute Gasteiger partial charge is 0.162 e. The molecular formula is C5H11N3S. The maximum atomic E-state index is 7.87. The number of rotatable bonds is 5. The van der Waals surface area contributed by atoms with Crippen LogP contribution < -0.4 is 0 Å². The standard InChI is InChI=1S/C5H11N3S/c1-2-9-5-3-4-7-8-6/h2-5H2,1H3. The molecule has 0 atom stereocenters. The summed E-state index contributed by atoms with van der Waals surface area (Å²) < 4.78 is 0. The Morgan fingerprint density at radius 1 is 1.67 bits per heavy atom. The predicted molar refractivity (Wildman–Crippen MR) is 41.6 cm³/mol. The number of hydrogen-bond acceptors (Lipinski definition) is 2. The van der Waals surface area contributed by atoms with Crippen LogP contribution in [0.2, 0.25) is 0 Å². The average molecular weight is 145 g/mol. The van der Waals surface area contributed by atoms with E-state index in [0.29, 0.717) is 6.54 Å². The van der Waals surface area contributed by atoms with Crippen LogP contribution >= 0.6 is 11.8 Å². The van der Waals surface area contributed by atoms with Gasteiger partial charge in [0.15, 0.2) is 0 Å². The third-order valence-corrected chi connectivity index (χ3v) is 1.80. The third-order valence-electron chi connectivity index (χ3n) is 0.814. The van der Waals surface area contributed by atoms with E-state index < -0.39 is 0 Å². The van der Waals surface area contributed by atoms with Gasteiger partial charge in [-0.05, 0) is 23.5 Å². The third kappa shape index (κ3) is 7.66. The van der Waals surface area contributed by atoms with Crippen LogP contribution in [0.3, 0.4) is 0 Å². The first kappa shape index (κ1) is 8.66. The first-order valence-electron chi connectivity index (χ1n) is 3.00. The minimum atomic E-state index is 0.642. The highest BCUT2D eigenvalue weighted by Crippen LogP contribution is 2.00. The molecule has 0 radical (unpaired) electrons. The van der Waals surface area contributed by atoms with Crippen molar-refractivity contribution in [2.75, 3.05) is 18.1 Å². The Bertz CT molecular complexity index is 98.4. The lowest BCUT2D eigenvalue weighted by atomic mass is 10.5. The van der Waals surface area contributed by atoms with Crippen molar-refractivity contribution in [3.05, 3.63) is 10.4 Å². The molecule has 0 bridgehead atoms. The van der Waals surface area contributed by atoms with Crippen molar-refractivity contribution in [2.45, 2.75) is 13.3 Å². The highest BCUT2D eigenvalue weighted by molar-refractivity contribution is 7.99. The summed E-state index contributed by atoms with van der Waals surface area (Å²) in [6.45, 7) is 2.77. The quantitative estimate of drug-likeness (QED) is 0.254. The monoisotopic (exact) mass is 145 g/mol. The summed E-state index contributed by atoms with van der Waals surface area (Å²) in [4.78, 5) is 2.65. The topological polar surface area (TPSA) is 48.8 Å². The Balaban J connectivity index is 2.82. The molecule has 0 aromatic carbocycles. The molecule has 0 aliphatic heterocycles. The molecule has 9 heavy (non-hydrogen) atoms. The van der Waals surface area contributed by atoms with E-state index in [1.807, 2.05) is 11.8 Å². The first-order valence-corrected chi connectivity index (χ1v) is 4.16. The van der Waals surface area contributed by atoms with Crippen LogP contribution in [0.4, 0.5) is 0 Å². The van der Waals surface area contributed by atoms with Gasteiger partial charge in [0.1, 0.15) is 0 Å². The van der Waals surface area contributed by atoms with Gasteiger partial charge in [0.05, 0.1) is 0 Å². The van der Waals surface area contributed by atoms with Gasteiger partial charge in [-0.3, -0.25) is 0 Å². The van der Waals surface area contributed by atoms with Crippen LogP contribution in [-0.2, 0) is 0 Å². The highest BCUT2D eigenvalue weighted by Gasteiger charge is 1.82. The summed E-state index contributed by atoms with van der Waals surface area (Å²) in [5.74, 6) is 2.26. The zero-order valence-corrected chi connectivity index (χ0v) is 6.39. The number of hydrogen-bond donors (Lipinski definition) is 0. The van der Waals surface area contributed by atoms with Gasteiger partial charge < -0.3 is 0 Å². The fourth-order valence-corrected chi connectivity index (χ4v) is 1.05. The summed E-state index contributed by atoms with van der Waals surface area (Å²) >= 11 is 1.88. The second-order valence-corrected chi connectivity index (χ2v) is 2.90. The average Bonchev–Trinajstić information content (AvgIpc) is 1.89. The molecule has 0 aromatic heterocycles. The molecule has 0 saturated heterocycles. The van der Waals surface area contributed by atoms with Crippen molar-refractivity contribution < 1.29 is 0 Å². The SMILES string of the molecule is CCSCCCN=[N+]=[N-]. The molecule has 0 saturated carbocycles. The van der Waals surface area contributed by atoms with Gasteiger partial charge >= 0.3 is 0 Å². The van der Waals surface area contributed by atoms with E-state index in [2.05, 4.69) is 16.9 Å². The van der Waals surface area contributed by atoms with E-state index >= 15 is 0 Å². The first-order chi connectivity index (χ1) is 4.41. The summed E-state index contributed by atoms with van der Waals surface area (Å²) in [6, 6.07) is 0. The van der Waals surface area contributed by atoms with E-state index in [1.165, 1.54) is 0 Å². The van der Waals surface area contributed by atoms with Crippen molar-refractivity contribution in [1.29, 1.82) is 0 Å². The van der Waals surface area contributed by atoms with Crippen LogP contribution in [0.1, 0.15) is 13.3 Å². The van der Waals surface area contributed by atoms with Crippen molar-refractivity contribution in [1.82, 2.24) is 0 Å². The van der Waals surface area contributed by atoms with Crippen LogP contribution in [0.15, 0.2) is 5.11 Å². The maximum Gasteiger partial charge on any atom is 0.0265 e. The van der Waals surface area contributed by atoms with Gasteiger partial charge in [-0.2, -0.15) is 11.8 Å². The molecule has 0 fully saturated rings. The fraction of sp³-hybridized carbons (Fsp3) is 1.00. The van der Waals surface area contributed by atoms with Crippen molar-refractivity contribution in [2.24, 2.45) is 5.11 Å². The molecule has 0 unspecified atom stereocenters. The molecule has 0 aliphatic rings. The molecule has 0 aliphatic carbocycles. The maximum absolute atomic E-state index is 7.87. The zero-order valence-electron chi connectivity index (χ0n) is 5.58. The number of azide groups is 1. The van der Waals surface area contributed by atoms with Gasteiger partial charge in [0.2, 0.25) is 0 Å². The minimum absolute atomic E-state index is 0.642. The van der Waals surface area contributed by atoms with Gasteiger partial charge in [0.25, 0.3) is 0 Å². The van der Waals surface area contributed by atoms with Gasteiger partial charge in [0, 0.05) is 11.5 Å². The van der Waals surface area contributed by atoms with E-state index in [4.69, 9.17) is 5.53 Å². The molecule has 0 spiro atoms. The van der Waals surface area contributed by atoms with Crippen LogP contribution in [0.5, 0.6) is 0 Å². The molecular weight excluding hydrogens is 134 g/mol. The summed E-state index contributed by atoms with van der Waals surface area (Å²) in [5.41, 5.74) is 7.87. The van der Waals surface area contributed by atoms with Crippen molar-refractivity contribution >= 4 is 11.8 Å². The van der Waals surface area contributed by atoms with Gasteiger partial charge in [-0.15, -0.1) is 0 Å². The second-order valence-electron chi connectivity index (χ2n) is 1.50. The highest BCUT2D eigenvalue weighted by atomic mass is 32.2. The molecule has 0 rings (SSSR count). The van der Waals surface area contributed by atoms with Crippen LogP contribution in [0, 0.1) is 0 Å². The second kappa shape index (κ2) is 7.66. The Morgan fingerprint density at radius 2 is 2.44 bits per heavy atom. The summed E-state index contributed by atoms with van der Waals surface area (Å²) in [7, 11) is 0. The van der Waals surface area contributed by atoms with E-state index in [0.717, 1.165) is 17.9 Å². The lowest BCUT2D eigenvalue weighted by Crippen LogP contribution is -1.82. The Labute approximate surface area is 59.5 Å². The summed E-state index contributed by atoms with van der Waals surface area (Å²) in [5, 5.41) is 3.41. The molecule has 0 N–H and O–H groups in total. The summed E-state index contributed by atoms with van der Waals surface area (Å²) in [6.07, 6.45) is 1.00. The lowest BCUT2D eigenvalue weighted by molar-refractivity contribution is 0.932. The Hall–Kier alpha value is -0.340. The van der Waals surface area contributed by atoms with E-state index in [-0.39, 0.29) is 0 Å². The molecule has 4 heteroatoms. The molecule has 0 amide bonds. The lowest BCUT2D eigenvalue weighted by Gasteiger charge is -1.91. The van der Waals surface area contributed by atoms with Crippen molar-refractivity contribution in [3.63, 3.8) is 0 Å². The smallest absolute Gasteiger partial charge is 0.0265 e. The predicted octanol–water partition coefficient (Wildman–Crippen LogP) is 2.44. The van der Waals surface area contributed by atoms with Crippen LogP contribution in [-0.4, -0.2) is 18.1 Å². The van der Waals surface area contributed by atoms with Gasteiger partial charge in [-0.1, -0.05) is 12.0 Å².